The van der Waals surface area contributed by atoms with Crippen molar-refractivity contribution in [3.8, 4) is 5.75 Å². The maximum absolute atomic E-state index is 13.9. The third-order valence-corrected chi connectivity index (χ3v) is 4.57. The van der Waals surface area contributed by atoms with E-state index in [-0.39, 0.29) is 35.2 Å². The first-order valence-corrected chi connectivity index (χ1v) is 7.20. The first kappa shape index (κ1) is 19.1. The fourth-order valence-corrected chi connectivity index (χ4v) is 3.21. The van der Waals surface area contributed by atoms with Gasteiger partial charge < -0.3 is 10.5 Å². The quantitative estimate of drug-likeness (QED) is 0.860. The Kier molecular flexibility index (Phi) is 6.41. The summed E-state index contributed by atoms with van der Waals surface area (Å²) in [4.78, 5) is -0.118. The number of hydrogen-bond donors (Lipinski definition) is 2. The highest BCUT2D eigenvalue weighted by Gasteiger charge is 2.27. The summed E-state index contributed by atoms with van der Waals surface area (Å²) in [6.45, 7) is 4.82. The van der Waals surface area contributed by atoms with Gasteiger partial charge in [0.15, 0.2) is 11.6 Å². The van der Waals surface area contributed by atoms with E-state index < -0.39 is 21.4 Å². The summed E-state index contributed by atoms with van der Waals surface area (Å²) < 4.78 is 45.5. The maximum Gasteiger partial charge on any atom is 0.241 e. The summed E-state index contributed by atoms with van der Waals surface area (Å²) in [6.07, 6.45) is 0. The molecular weight excluding hydrogens is 307 g/mol. The third kappa shape index (κ3) is 4.05. The molecule has 0 saturated heterocycles. The molecule has 3 N–H and O–H groups in total. The fraction of sp³-hybridized carbons (Fsp3) is 0.500. The molecule has 0 amide bonds. The predicted molar refractivity (Wildman–Crippen MR) is 78.4 cm³/mol. The average molecular weight is 327 g/mol. The molecule has 1 aromatic rings. The van der Waals surface area contributed by atoms with Crippen LogP contribution in [0.15, 0.2) is 17.0 Å². The van der Waals surface area contributed by atoms with E-state index in [4.69, 9.17) is 10.5 Å². The van der Waals surface area contributed by atoms with Crippen molar-refractivity contribution in [2.24, 2.45) is 5.73 Å². The Morgan fingerprint density at radius 1 is 1.40 bits per heavy atom. The molecule has 0 saturated carbocycles. The second-order valence-corrected chi connectivity index (χ2v) is 6.55. The predicted octanol–water partition coefficient (Wildman–Crippen LogP) is 1.58. The molecule has 0 aromatic heterocycles. The van der Waals surface area contributed by atoms with Crippen molar-refractivity contribution in [1.82, 2.24) is 4.72 Å². The van der Waals surface area contributed by atoms with Gasteiger partial charge in [-0.05, 0) is 32.9 Å². The summed E-state index contributed by atoms with van der Waals surface area (Å²) >= 11 is 0. The second-order valence-electron chi connectivity index (χ2n) is 4.90. The standard InChI is InChI=1S/C12H19FN2O3S.ClH/c1-8-10(6-5-9(18-4)11(8)13)19(16,17)15-12(2,3)7-14;/h5-6,15H,7,14H2,1-4H3;1H. The Labute approximate surface area is 125 Å². The first-order chi connectivity index (χ1) is 8.64. The molecule has 1 rings (SSSR count). The van der Waals surface area contributed by atoms with Gasteiger partial charge >= 0.3 is 0 Å². The van der Waals surface area contributed by atoms with Crippen LogP contribution in [0.25, 0.3) is 0 Å². The van der Waals surface area contributed by atoms with Gasteiger partial charge in [0.05, 0.1) is 12.0 Å². The van der Waals surface area contributed by atoms with Crippen molar-refractivity contribution in [1.29, 1.82) is 0 Å². The van der Waals surface area contributed by atoms with E-state index in [0.29, 0.717) is 0 Å². The van der Waals surface area contributed by atoms with Crippen LogP contribution in [0.5, 0.6) is 5.75 Å². The number of halogens is 2. The minimum Gasteiger partial charge on any atom is -0.494 e. The van der Waals surface area contributed by atoms with Crippen LogP contribution in [0.1, 0.15) is 19.4 Å². The first-order valence-electron chi connectivity index (χ1n) is 5.72. The highest BCUT2D eigenvalue weighted by atomic mass is 35.5. The Bertz CT molecular complexity index is 576. The monoisotopic (exact) mass is 326 g/mol. The highest BCUT2D eigenvalue weighted by molar-refractivity contribution is 7.89. The van der Waals surface area contributed by atoms with Gasteiger partial charge in [-0.2, -0.15) is 0 Å². The van der Waals surface area contributed by atoms with Crippen LogP contribution in [0.2, 0.25) is 0 Å². The largest absolute Gasteiger partial charge is 0.494 e. The van der Waals surface area contributed by atoms with E-state index in [9.17, 15) is 12.8 Å². The SMILES string of the molecule is COc1ccc(S(=O)(=O)NC(C)(C)CN)c(C)c1F.Cl. The Balaban J connectivity index is 0.00000361. The van der Waals surface area contributed by atoms with Gasteiger partial charge in [0.25, 0.3) is 0 Å². The molecule has 0 fully saturated rings. The van der Waals surface area contributed by atoms with Crippen LogP contribution in [-0.4, -0.2) is 27.6 Å². The summed E-state index contributed by atoms with van der Waals surface area (Å²) in [7, 11) is -2.51. The molecule has 0 heterocycles. The van der Waals surface area contributed by atoms with E-state index >= 15 is 0 Å². The molecule has 116 valence electrons. The van der Waals surface area contributed by atoms with Gasteiger partial charge in [-0.15, -0.1) is 12.4 Å². The lowest BCUT2D eigenvalue weighted by Gasteiger charge is -2.24. The Hall–Kier alpha value is -0.890. The fourth-order valence-electron chi connectivity index (χ4n) is 1.55. The number of benzene rings is 1. The molecule has 0 bridgehead atoms. The summed E-state index contributed by atoms with van der Waals surface area (Å²) in [6, 6.07) is 2.60. The van der Waals surface area contributed by atoms with Gasteiger partial charge in [-0.25, -0.2) is 17.5 Å². The van der Waals surface area contributed by atoms with Crippen molar-refractivity contribution in [3.05, 3.63) is 23.5 Å². The molecular formula is C12H20ClFN2O3S. The van der Waals surface area contributed by atoms with Gasteiger partial charge in [0.2, 0.25) is 10.0 Å². The van der Waals surface area contributed by atoms with E-state index in [2.05, 4.69) is 4.72 Å². The van der Waals surface area contributed by atoms with Crippen LogP contribution in [0.3, 0.4) is 0 Å². The van der Waals surface area contributed by atoms with E-state index in [0.717, 1.165) is 0 Å². The van der Waals surface area contributed by atoms with Crippen LogP contribution < -0.4 is 15.2 Å². The molecule has 0 aliphatic heterocycles. The van der Waals surface area contributed by atoms with Gasteiger partial charge in [0.1, 0.15) is 0 Å². The zero-order valence-corrected chi connectivity index (χ0v) is 13.5. The normalized spacial score (nSPS) is 11.9. The number of nitrogens with one attached hydrogen (secondary N) is 1. The lowest BCUT2D eigenvalue weighted by Crippen LogP contribution is -2.48. The van der Waals surface area contributed by atoms with Crippen molar-refractivity contribution >= 4 is 22.4 Å². The number of sulfonamides is 1. The van der Waals surface area contributed by atoms with Crippen LogP contribution in [-0.2, 0) is 10.0 Å². The van der Waals surface area contributed by atoms with Crippen molar-refractivity contribution in [2.45, 2.75) is 31.2 Å². The molecule has 5 nitrogen and oxygen atoms in total. The van der Waals surface area contributed by atoms with E-state index in [1.165, 1.54) is 26.2 Å². The number of ether oxygens (including phenoxy) is 1. The number of nitrogens with two attached hydrogens (primary N) is 1. The average Bonchev–Trinajstić information content (AvgIpc) is 2.31. The summed E-state index contributed by atoms with van der Waals surface area (Å²) in [5.41, 5.74) is 4.69. The highest BCUT2D eigenvalue weighted by Crippen LogP contribution is 2.26. The molecule has 1 aromatic carbocycles. The third-order valence-electron chi connectivity index (χ3n) is 2.73. The molecule has 0 aliphatic rings. The maximum atomic E-state index is 13.9. The molecule has 0 radical (unpaired) electrons. The van der Waals surface area contributed by atoms with Gasteiger partial charge in [-0.1, -0.05) is 0 Å². The zero-order valence-electron chi connectivity index (χ0n) is 11.9. The van der Waals surface area contributed by atoms with Gasteiger partial charge in [-0.3, -0.25) is 0 Å². The molecule has 20 heavy (non-hydrogen) atoms. The second kappa shape index (κ2) is 6.71. The topological polar surface area (TPSA) is 81.4 Å². The molecule has 0 spiro atoms. The van der Waals surface area contributed by atoms with Crippen LogP contribution >= 0.6 is 12.4 Å². The van der Waals surface area contributed by atoms with Crippen molar-refractivity contribution in [3.63, 3.8) is 0 Å². The lowest BCUT2D eigenvalue weighted by atomic mass is 10.1. The summed E-state index contributed by atoms with van der Waals surface area (Å²) in [5, 5.41) is 0. The summed E-state index contributed by atoms with van der Waals surface area (Å²) in [5.74, 6) is -0.675. The molecule has 0 atom stereocenters. The van der Waals surface area contributed by atoms with Gasteiger partial charge in [0, 0.05) is 17.6 Å². The van der Waals surface area contributed by atoms with Crippen LogP contribution in [0.4, 0.5) is 4.39 Å². The number of hydrogen-bond acceptors (Lipinski definition) is 4. The molecule has 0 aliphatic carbocycles. The zero-order chi connectivity index (χ0) is 14.8. The minimum atomic E-state index is -3.83. The lowest BCUT2D eigenvalue weighted by molar-refractivity contribution is 0.383. The van der Waals surface area contributed by atoms with E-state index in [1.807, 2.05) is 0 Å². The molecule has 8 heteroatoms. The minimum absolute atomic E-state index is 0. The Morgan fingerprint density at radius 2 is 1.95 bits per heavy atom. The number of methoxy groups -OCH3 is 1. The Morgan fingerprint density at radius 3 is 2.40 bits per heavy atom. The van der Waals surface area contributed by atoms with Crippen molar-refractivity contribution in [2.75, 3.05) is 13.7 Å². The smallest absolute Gasteiger partial charge is 0.241 e. The number of rotatable bonds is 5. The molecule has 0 unspecified atom stereocenters. The van der Waals surface area contributed by atoms with Crippen molar-refractivity contribution < 1.29 is 17.5 Å². The van der Waals surface area contributed by atoms with E-state index in [1.54, 1.807) is 13.8 Å². The van der Waals surface area contributed by atoms with Crippen LogP contribution in [0, 0.1) is 12.7 Å².